The van der Waals surface area contributed by atoms with Gasteiger partial charge in [-0.25, -0.2) is 0 Å². The summed E-state index contributed by atoms with van der Waals surface area (Å²) < 4.78 is 13.2. The van der Waals surface area contributed by atoms with Gasteiger partial charge in [-0.05, 0) is 35.7 Å². The van der Waals surface area contributed by atoms with Crippen molar-refractivity contribution in [3.05, 3.63) is 35.4 Å². The average Bonchev–Trinajstić information content (AvgIpc) is 2.89. The van der Waals surface area contributed by atoms with Gasteiger partial charge in [-0.1, -0.05) is 58.9 Å². The smallest absolute Gasteiger partial charge is 0.192 e. The van der Waals surface area contributed by atoms with Gasteiger partial charge in [0.25, 0.3) is 0 Å². The third kappa shape index (κ3) is 3.47. The molecule has 5 heteroatoms. The van der Waals surface area contributed by atoms with E-state index in [2.05, 4.69) is 52.1 Å². The van der Waals surface area contributed by atoms with Gasteiger partial charge >= 0.3 is 0 Å². The Morgan fingerprint density at radius 3 is 2.54 bits per heavy atom. The van der Waals surface area contributed by atoms with Crippen molar-refractivity contribution in [2.45, 2.75) is 77.3 Å². The first kappa shape index (κ1) is 21.2. The number of carbonyl (C=O) groups excluding carboxylic acids is 1. The highest BCUT2D eigenvalue weighted by atomic mass is 28.4. The van der Waals surface area contributed by atoms with Gasteiger partial charge in [0, 0.05) is 11.8 Å². The summed E-state index contributed by atoms with van der Waals surface area (Å²) in [5.41, 5.74) is 1.10. The monoisotopic (exact) mass is 399 g/mol. The number of ketones is 1. The van der Waals surface area contributed by atoms with Crippen LogP contribution in [0.4, 0.5) is 0 Å². The quantitative estimate of drug-likeness (QED) is 0.629. The van der Waals surface area contributed by atoms with E-state index in [-0.39, 0.29) is 16.9 Å². The van der Waals surface area contributed by atoms with Crippen molar-refractivity contribution in [3.63, 3.8) is 0 Å². The molecule has 1 aromatic carbocycles. The molecule has 28 heavy (non-hydrogen) atoms. The van der Waals surface area contributed by atoms with Crippen LogP contribution in [0.2, 0.25) is 18.1 Å². The molecule has 1 fully saturated rings. The molecular formula is C23H33NO3Si. The van der Waals surface area contributed by atoms with E-state index >= 15 is 0 Å². The fourth-order valence-electron chi connectivity index (χ4n) is 4.38. The Bertz CT molecular complexity index is 818. The van der Waals surface area contributed by atoms with Crippen LogP contribution in [0.3, 0.4) is 0 Å². The molecule has 0 saturated heterocycles. The van der Waals surface area contributed by atoms with Gasteiger partial charge in [-0.2, -0.15) is 5.26 Å². The number of ether oxygens (including phenoxy) is 1. The van der Waals surface area contributed by atoms with Gasteiger partial charge in [-0.15, -0.1) is 0 Å². The van der Waals surface area contributed by atoms with Crippen molar-refractivity contribution in [1.82, 2.24) is 0 Å². The predicted molar refractivity (Wildman–Crippen MR) is 112 cm³/mol. The van der Waals surface area contributed by atoms with E-state index in [4.69, 9.17) is 9.16 Å². The minimum Gasteiger partial charge on any atom is -0.414 e. The molecule has 0 N–H and O–H groups in total. The van der Waals surface area contributed by atoms with Crippen LogP contribution in [0.5, 0.6) is 0 Å². The van der Waals surface area contributed by atoms with Crippen LogP contribution in [0.25, 0.3) is 0 Å². The zero-order valence-electron chi connectivity index (χ0n) is 18.3. The number of nitriles is 1. The number of benzene rings is 1. The van der Waals surface area contributed by atoms with E-state index < -0.39 is 25.3 Å². The molecule has 0 bridgehead atoms. The first-order valence-electron chi connectivity index (χ1n) is 10.2. The lowest BCUT2D eigenvalue weighted by Crippen LogP contribution is -2.47. The van der Waals surface area contributed by atoms with Crippen LogP contribution in [-0.4, -0.2) is 20.7 Å². The molecule has 0 radical (unpaired) electrons. The second kappa shape index (κ2) is 6.79. The Balaban J connectivity index is 1.93. The Morgan fingerprint density at radius 2 is 1.93 bits per heavy atom. The normalized spacial score (nSPS) is 29.6. The molecule has 1 saturated carbocycles. The highest BCUT2D eigenvalue weighted by molar-refractivity contribution is 6.74. The summed E-state index contributed by atoms with van der Waals surface area (Å²) in [5, 5.41) is 9.74. The van der Waals surface area contributed by atoms with Gasteiger partial charge in [0.2, 0.25) is 0 Å². The fourth-order valence-corrected chi connectivity index (χ4v) is 5.38. The summed E-state index contributed by atoms with van der Waals surface area (Å²) in [6, 6.07) is 10.5. The molecule has 1 aliphatic carbocycles. The maximum atomic E-state index is 12.7. The maximum absolute atomic E-state index is 12.7. The largest absolute Gasteiger partial charge is 0.414 e. The summed E-state index contributed by atoms with van der Waals surface area (Å²) in [4.78, 5) is 12.7. The molecule has 1 aromatic rings. The number of carbonyl (C=O) groups is 1. The molecule has 3 unspecified atom stereocenters. The highest BCUT2D eigenvalue weighted by Gasteiger charge is 2.56. The van der Waals surface area contributed by atoms with E-state index in [9.17, 15) is 10.1 Å². The Morgan fingerprint density at radius 1 is 1.29 bits per heavy atom. The van der Waals surface area contributed by atoms with E-state index in [1.54, 1.807) is 0 Å². The number of Topliss-reactive ketones (excluding diaryl/α,β-unsaturated/α-hetero) is 1. The number of rotatable bonds is 3. The summed E-state index contributed by atoms with van der Waals surface area (Å²) in [6.07, 6.45) is 0.873. The lowest BCUT2D eigenvalue weighted by Gasteiger charge is -2.44. The van der Waals surface area contributed by atoms with Crippen LogP contribution in [0.15, 0.2) is 24.3 Å². The highest BCUT2D eigenvalue weighted by Crippen LogP contribution is 2.56. The molecule has 3 atom stereocenters. The third-order valence-electron chi connectivity index (χ3n) is 6.97. The summed E-state index contributed by atoms with van der Waals surface area (Å²) in [6.45, 7) is 15.6. The topological polar surface area (TPSA) is 59.3 Å². The summed E-state index contributed by atoms with van der Waals surface area (Å²) in [5.74, 6) is -0.598. The van der Waals surface area contributed by atoms with Crippen LogP contribution < -0.4 is 0 Å². The van der Waals surface area contributed by atoms with Gasteiger partial charge in [0.15, 0.2) is 14.1 Å². The molecule has 4 nitrogen and oxygen atoms in total. The summed E-state index contributed by atoms with van der Waals surface area (Å²) in [7, 11) is -1.90. The van der Waals surface area contributed by atoms with Crippen LogP contribution in [-0.2, 0) is 19.6 Å². The molecule has 152 valence electrons. The minimum absolute atomic E-state index is 0.0303. The number of fused-ring (bicyclic) bond motifs is 2. The van der Waals surface area contributed by atoms with Crippen molar-refractivity contribution in [1.29, 1.82) is 5.26 Å². The van der Waals surface area contributed by atoms with Gasteiger partial charge in [0.05, 0.1) is 18.3 Å². The van der Waals surface area contributed by atoms with E-state index in [0.29, 0.717) is 19.4 Å². The zero-order valence-corrected chi connectivity index (χ0v) is 19.3. The number of hydrogen-bond acceptors (Lipinski definition) is 4. The molecular weight excluding hydrogens is 366 g/mol. The van der Waals surface area contributed by atoms with Gasteiger partial charge < -0.3 is 9.16 Å². The first-order chi connectivity index (χ1) is 12.8. The second-order valence-electron chi connectivity index (χ2n) is 10.6. The molecule has 3 rings (SSSR count). The fraction of sp³-hybridized carbons (Fsp3) is 0.652. The standard InChI is InChI=1S/C23H33NO3Si/c1-21(2,3)28(6,7)26-14-19-17-10-8-9-11-18(17)23(27-19)12-16(13-24)20(25)22(4,5)15-23/h8-11,16,19H,12,14-15H2,1-7H3. The van der Waals surface area contributed by atoms with E-state index in [1.165, 1.54) is 0 Å². The molecule has 2 aliphatic rings. The molecule has 0 aromatic heterocycles. The molecule has 1 spiro atoms. The Kier molecular flexibility index (Phi) is 5.15. The van der Waals surface area contributed by atoms with Crippen molar-refractivity contribution in [2.24, 2.45) is 11.3 Å². The average molecular weight is 400 g/mol. The summed E-state index contributed by atoms with van der Waals surface area (Å²) >= 11 is 0. The van der Waals surface area contributed by atoms with E-state index in [1.807, 2.05) is 26.0 Å². The molecule has 1 aliphatic heterocycles. The Hall–Kier alpha value is -1.48. The minimum atomic E-state index is -1.90. The predicted octanol–water partition coefficient (Wildman–Crippen LogP) is 5.50. The van der Waals surface area contributed by atoms with E-state index in [0.717, 1.165) is 11.1 Å². The molecule has 0 amide bonds. The Labute approximate surface area is 170 Å². The van der Waals surface area contributed by atoms with Crippen LogP contribution in [0.1, 0.15) is 64.7 Å². The van der Waals surface area contributed by atoms with Crippen LogP contribution >= 0.6 is 0 Å². The SMILES string of the molecule is CC1(C)CC2(CC(C#N)C1=O)OC(CO[Si](C)(C)C(C)(C)C)c1ccccc12. The zero-order chi connectivity index (χ0) is 21.0. The third-order valence-corrected chi connectivity index (χ3v) is 11.5. The second-order valence-corrected chi connectivity index (χ2v) is 15.4. The number of nitrogens with zero attached hydrogens (tertiary/aromatic N) is 1. The van der Waals surface area contributed by atoms with Crippen molar-refractivity contribution in [3.8, 4) is 6.07 Å². The lowest BCUT2D eigenvalue weighted by molar-refractivity contribution is -0.160. The van der Waals surface area contributed by atoms with Crippen LogP contribution in [0, 0.1) is 22.7 Å². The van der Waals surface area contributed by atoms with Crippen molar-refractivity contribution in [2.75, 3.05) is 6.61 Å². The van der Waals surface area contributed by atoms with Crippen molar-refractivity contribution >= 4 is 14.1 Å². The van der Waals surface area contributed by atoms with Gasteiger partial charge in [-0.3, -0.25) is 4.79 Å². The number of hydrogen-bond donors (Lipinski definition) is 0. The van der Waals surface area contributed by atoms with Crippen molar-refractivity contribution < 1.29 is 14.0 Å². The lowest BCUT2D eigenvalue weighted by atomic mass is 9.63. The van der Waals surface area contributed by atoms with Gasteiger partial charge in [0.1, 0.15) is 12.0 Å². The first-order valence-corrected chi connectivity index (χ1v) is 13.1. The maximum Gasteiger partial charge on any atom is 0.192 e. The molecule has 1 heterocycles.